The fourth-order valence-electron chi connectivity index (χ4n) is 2.57. The molecule has 0 spiro atoms. The fraction of sp³-hybridized carbons (Fsp3) is 1.00. The molecule has 11 nitrogen and oxygen atoms in total. The van der Waals surface area contributed by atoms with Crippen LogP contribution in [0.2, 0.25) is 0 Å². The lowest BCUT2D eigenvalue weighted by molar-refractivity contribution is -0.355. The molecule has 2 rings (SSSR count). The van der Waals surface area contributed by atoms with Crippen LogP contribution in [-0.4, -0.2) is 115 Å². The summed E-state index contributed by atoms with van der Waals surface area (Å²) in [6.45, 7) is -1.35. The zero-order chi connectivity index (χ0) is 17.3. The predicted molar refractivity (Wildman–Crippen MR) is 68.6 cm³/mol. The van der Waals surface area contributed by atoms with Crippen molar-refractivity contribution in [1.82, 2.24) is 0 Å². The van der Waals surface area contributed by atoms with Gasteiger partial charge in [-0.25, -0.2) is 0 Å². The maximum Gasteiger partial charge on any atom is 0.187 e. The summed E-state index contributed by atoms with van der Waals surface area (Å²) in [6.07, 6.45) is -15.6. The van der Waals surface area contributed by atoms with Gasteiger partial charge < -0.3 is 55.1 Å². The van der Waals surface area contributed by atoms with Gasteiger partial charge in [-0.15, -0.1) is 0 Å². The standard InChI is InChI=1S/C12H22O11/c13-1-3-5(15)6(16)9(19)12(22-3)23-10-4(2-14)21-11(20)8(18)7(10)17/h3-20H,1-2H2/t3-,4-,5+,6-,7-,8+,9+,10+,11+,12+/m0/s1. The molecule has 136 valence electrons. The average Bonchev–Trinajstić information content (AvgIpc) is 2.55. The Morgan fingerprint density at radius 1 is 0.652 bits per heavy atom. The summed E-state index contributed by atoms with van der Waals surface area (Å²) in [6, 6.07) is 0. The zero-order valence-electron chi connectivity index (χ0n) is 12.0. The fourth-order valence-corrected chi connectivity index (χ4v) is 2.57. The van der Waals surface area contributed by atoms with Gasteiger partial charge in [-0.05, 0) is 0 Å². The summed E-state index contributed by atoms with van der Waals surface area (Å²) >= 11 is 0. The van der Waals surface area contributed by atoms with Gasteiger partial charge in [0.2, 0.25) is 0 Å². The van der Waals surface area contributed by atoms with Crippen LogP contribution in [0.4, 0.5) is 0 Å². The van der Waals surface area contributed by atoms with Gasteiger partial charge in [0.25, 0.3) is 0 Å². The lowest BCUT2D eigenvalue weighted by Crippen LogP contribution is -2.64. The molecule has 23 heavy (non-hydrogen) atoms. The monoisotopic (exact) mass is 342 g/mol. The van der Waals surface area contributed by atoms with Crippen molar-refractivity contribution in [3.8, 4) is 0 Å². The second kappa shape index (κ2) is 7.63. The Morgan fingerprint density at radius 3 is 1.83 bits per heavy atom. The quantitative estimate of drug-likeness (QED) is 0.243. The molecule has 2 aliphatic rings. The minimum Gasteiger partial charge on any atom is -0.394 e. The van der Waals surface area contributed by atoms with Crippen molar-refractivity contribution in [2.24, 2.45) is 0 Å². The molecule has 10 atom stereocenters. The Hall–Kier alpha value is -0.440. The Morgan fingerprint density at radius 2 is 1.26 bits per heavy atom. The molecule has 0 amide bonds. The summed E-state index contributed by atoms with van der Waals surface area (Å²) in [4.78, 5) is 0. The lowest BCUT2D eigenvalue weighted by atomic mass is 9.97. The minimum atomic E-state index is -1.74. The van der Waals surface area contributed by atoms with E-state index >= 15 is 0 Å². The van der Waals surface area contributed by atoms with Gasteiger partial charge in [-0.1, -0.05) is 0 Å². The molecule has 0 aliphatic carbocycles. The SMILES string of the molecule is OC[C@@H]1O[C@H](O[C@H]2[C@@H](O)[C@@H](O)[C@H](O)O[C@H]2CO)[C@H](O)[C@@H](O)[C@@H]1O. The van der Waals surface area contributed by atoms with Crippen LogP contribution in [-0.2, 0) is 14.2 Å². The van der Waals surface area contributed by atoms with E-state index in [2.05, 4.69) is 0 Å². The van der Waals surface area contributed by atoms with Crippen LogP contribution in [0.15, 0.2) is 0 Å². The van der Waals surface area contributed by atoms with Gasteiger partial charge in [0.1, 0.15) is 48.8 Å². The van der Waals surface area contributed by atoms with Crippen LogP contribution in [0.25, 0.3) is 0 Å². The summed E-state index contributed by atoms with van der Waals surface area (Å²) < 4.78 is 15.3. The minimum absolute atomic E-state index is 0.667. The molecule has 0 aromatic heterocycles. The molecular weight excluding hydrogens is 320 g/mol. The Kier molecular flexibility index (Phi) is 6.27. The largest absolute Gasteiger partial charge is 0.394 e. The summed E-state index contributed by atoms with van der Waals surface area (Å²) in [5, 5.41) is 76.5. The molecule has 2 heterocycles. The molecule has 2 aliphatic heterocycles. The number of aliphatic hydroxyl groups is 8. The van der Waals surface area contributed by atoms with Crippen LogP contribution < -0.4 is 0 Å². The van der Waals surface area contributed by atoms with E-state index in [4.69, 9.17) is 19.3 Å². The van der Waals surface area contributed by atoms with E-state index in [0.717, 1.165) is 0 Å². The molecule has 0 bridgehead atoms. The first-order valence-corrected chi connectivity index (χ1v) is 7.08. The number of rotatable bonds is 4. The van der Waals surface area contributed by atoms with E-state index in [1.807, 2.05) is 0 Å². The van der Waals surface area contributed by atoms with E-state index in [9.17, 15) is 35.7 Å². The topological polar surface area (TPSA) is 190 Å². The summed E-state index contributed by atoms with van der Waals surface area (Å²) in [5.74, 6) is 0. The highest BCUT2D eigenvalue weighted by atomic mass is 16.7. The Labute approximate surface area is 130 Å². The molecule has 0 saturated carbocycles. The number of hydrogen-bond acceptors (Lipinski definition) is 11. The van der Waals surface area contributed by atoms with Crippen molar-refractivity contribution < 1.29 is 55.1 Å². The molecule has 0 aromatic carbocycles. The molecule has 0 radical (unpaired) electrons. The maximum absolute atomic E-state index is 9.94. The normalized spacial score (nSPS) is 51.7. The molecule has 8 N–H and O–H groups in total. The third-order valence-electron chi connectivity index (χ3n) is 3.98. The van der Waals surface area contributed by atoms with Crippen molar-refractivity contribution in [3.05, 3.63) is 0 Å². The van der Waals surface area contributed by atoms with Gasteiger partial charge in [-0.3, -0.25) is 0 Å². The van der Waals surface area contributed by atoms with E-state index in [1.165, 1.54) is 0 Å². The van der Waals surface area contributed by atoms with Gasteiger partial charge >= 0.3 is 0 Å². The van der Waals surface area contributed by atoms with Crippen LogP contribution >= 0.6 is 0 Å². The second-order valence-corrected chi connectivity index (χ2v) is 5.53. The summed E-state index contributed by atoms with van der Waals surface area (Å²) in [5.41, 5.74) is 0. The molecule has 2 fully saturated rings. The van der Waals surface area contributed by atoms with Crippen molar-refractivity contribution in [2.75, 3.05) is 13.2 Å². The van der Waals surface area contributed by atoms with Gasteiger partial charge in [-0.2, -0.15) is 0 Å². The molecular formula is C12H22O11. The first-order chi connectivity index (χ1) is 10.8. The van der Waals surface area contributed by atoms with Crippen molar-refractivity contribution in [3.63, 3.8) is 0 Å². The predicted octanol–water partition coefficient (Wildman–Crippen LogP) is -5.40. The van der Waals surface area contributed by atoms with Crippen molar-refractivity contribution >= 4 is 0 Å². The highest BCUT2D eigenvalue weighted by molar-refractivity contribution is 4.93. The number of ether oxygens (including phenoxy) is 3. The molecule has 11 heteroatoms. The van der Waals surface area contributed by atoms with Gasteiger partial charge in [0, 0.05) is 0 Å². The maximum atomic E-state index is 9.94. The molecule has 0 aromatic rings. The van der Waals surface area contributed by atoms with E-state index in [-0.39, 0.29) is 0 Å². The van der Waals surface area contributed by atoms with Crippen molar-refractivity contribution in [1.29, 1.82) is 0 Å². The highest BCUT2D eigenvalue weighted by Gasteiger charge is 2.50. The third kappa shape index (κ3) is 3.65. The first-order valence-electron chi connectivity index (χ1n) is 7.08. The van der Waals surface area contributed by atoms with Crippen LogP contribution in [0.5, 0.6) is 0 Å². The van der Waals surface area contributed by atoms with E-state index in [0.29, 0.717) is 0 Å². The van der Waals surface area contributed by atoms with E-state index < -0.39 is 74.6 Å². The Balaban J connectivity index is 2.11. The smallest absolute Gasteiger partial charge is 0.187 e. The molecule has 2 saturated heterocycles. The van der Waals surface area contributed by atoms with Crippen LogP contribution in [0.1, 0.15) is 0 Å². The van der Waals surface area contributed by atoms with Gasteiger partial charge in [0.05, 0.1) is 13.2 Å². The van der Waals surface area contributed by atoms with Gasteiger partial charge in [0.15, 0.2) is 12.6 Å². The van der Waals surface area contributed by atoms with Crippen LogP contribution in [0.3, 0.4) is 0 Å². The average molecular weight is 342 g/mol. The Bertz CT molecular complexity index is 378. The number of hydrogen-bond donors (Lipinski definition) is 8. The van der Waals surface area contributed by atoms with Crippen LogP contribution in [0, 0.1) is 0 Å². The second-order valence-electron chi connectivity index (χ2n) is 5.53. The number of aliphatic hydroxyl groups excluding tert-OH is 8. The lowest BCUT2D eigenvalue weighted by Gasteiger charge is -2.45. The first kappa shape index (κ1) is 18.9. The summed E-state index contributed by atoms with van der Waals surface area (Å²) in [7, 11) is 0. The van der Waals surface area contributed by atoms with Crippen molar-refractivity contribution in [2.45, 2.75) is 61.4 Å². The van der Waals surface area contributed by atoms with E-state index in [1.54, 1.807) is 0 Å². The molecule has 0 unspecified atom stereocenters. The highest BCUT2D eigenvalue weighted by Crippen LogP contribution is 2.28. The third-order valence-corrected chi connectivity index (χ3v) is 3.98. The zero-order valence-corrected chi connectivity index (χ0v) is 12.0.